The van der Waals surface area contributed by atoms with Crippen molar-refractivity contribution in [3.8, 4) is 11.1 Å². The molecular formula is C15H11ClN. The van der Waals surface area contributed by atoms with Crippen LogP contribution in [0.3, 0.4) is 0 Å². The number of rotatable bonds is 1. The van der Waals surface area contributed by atoms with Crippen LogP contribution in [-0.2, 0) is 7.05 Å². The van der Waals surface area contributed by atoms with Gasteiger partial charge in [-0.25, -0.2) is 0 Å². The predicted molar refractivity (Wildman–Crippen MR) is 72.2 cm³/mol. The van der Waals surface area contributed by atoms with Gasteiger partial charge in [-0.1, -0.05) is 35.9 Å². The van der Waals surface area contributed by atoms with Crippen molar-refractivity contribution in [2.45, 2.75) is 0 Å². The zero-order chi connectivity index (χ0) is 11.8. The number of fused-ring (bicyclic) bond motifs is 1. The van der Waals surface area contributed by atoms with Crippen molar-refractivity contribution in [3.63, 3.8) is 0 Å². The Morgan fingerprint density at radius 1 is 1.24 bits per heavy atom. The Kier molecular flexibility index (Phi) is 2.41. The molecule has 0 spiro atoms. The molecule has 0 aliphatic carbocycles. The standard InChI is InChI=1S/C15H11ClN/c1-17-10-14(11-5-4-6-12(16)9-11)13-7-2-3-8-15(13)17/h2,4-10H,1H3. The number of hydrogen-bond donors (Lipinski definition) is 0. The third-order valence-electron chi connectivity index (χ3n) is 2.97. The maximum atomic E-state index is 6.04. The Morgan fingerprint density at radius 2 is 2.12 bits per heavy atom. The highest BCUT2D eigenvalue weighted by atomic mass is 35.5. The molecule has 1 aromatic heterocycles. The monoisotopic (exact) mass is 240 g/mol. The number of aromatic nitrogens is 1. The minimum atomic E-state index is 0.766. The highest BCUT2D eigenvalue weighted by molar-refractivity contribution is 6.30. The molecule has 2 aromatic carbocycles. The van der Waals surface area contributed by atoms with Crippen LogP contribution in [0.25, 0.3) is 22.0 Å². The van der Waals surface area contributed by atoms with Crippen LogP contribution < -0.4 is 0 Å². The van der Waals surface area contributed by atoms with Gasteiger partial charge in [0, 0.05) is 34.7 Å². The molecule has 0 atom stereocenters. The first-order valence-electron chi connectivity index (χ1n) is 5.47. The number of aryl methyl sites for hydroxylation is 1. The molecule has 3 rings (SSSR count). The van der Waals surface area contributed by atoms with Gasteiger partial charge in [0.25, 0.3) is 0 Å². The summed E-state index contributed by atoms with van der Waals surface area (Å²) in [5, 5.41) is 2.00. The van der Waals surface area contributed by atoms with Crippen molar-refractivity contribution >= 4 is 22.5 Å². The fraction of sp³-hybridized carbons (Fsp3) is 0.0667. The van der Waals surface area contributed by atoms with Crippen molar-refractivity contribution in [1.29, 1.82) is 0 Å². The minimum absolute atomic E-state index is 0.766. The van der Waals surface area contributed by atoms with Gasteiger partial charge in [0.15, 0.2) is 0 Å². The van der Waals surface area contributed by atoms with Gasteiger partial charge in [0.2, 0.25) is 0 Å². The number of benzene rings is 2. The van der Waals surface area contributed by atoms with E-state index < -0.39 is 0 Å². The van der Waals surface area contributed by atoms with E-state index in [-0.39, 0.29) is 0 Å². The van der Waals surface area contributed by atoms with Gasteiger partial charge in [0.05, 0.1) is 0 Å². The Labute approximate surface area is 105 Å². The molecule has 0 aliphatic heterocycles. The number of hydrogen-bond acceptors (Lipinski definition) is 0. The van der Waals surface area contributed by atoms with Crippen molar-refractivity contribution in [3.05, 3.63) is 59.8 Å². The third kappa shape index (κ3) is 1.73. The van der Waals surface area contributed by atoms with Gasteiger partial charge in [-0.15, -0.1) is 0 Å². The zero-order valence-electron chi connectivity index (χ0n) is 9.44. The zero-order valence-corrected chi connectivity index (χ0v) is 10.2. The van der Waals surface area contributed by atoms with Crippen LogP contribution in [0, 0.1) is 6.07 Å². The van der Waals surface area contributed by atoms with E-state index in [1.807, 2.05) is 37.4 Å². The molecule has 3 aromatic rings. The molecule has 0 unspecified atom stereocenters. The maximum Gasteiger partial charge on any atom is 0.0490 e. The summed E-state index contributed by atoms with van der Waals surface area (Å²) in [6, 6.07) is 17.1. The highest BCUT2D eigenvalue weighted by Crippen LogP contribution is 2.31. The summed E-state index contributed by atoms with van der Waals surface area (Å²) in [6.07, 6.45) is 2.13. The highest BCUT2D eigenvalue weighted by Gasteiger charge is 2.07. The van der Waals surface area contributed by atoms with Crippen LogP contribution in [-0.4, -0.2) is 4.57 Å². The van der Waals surface area contributed by atoms with Crippen molar-refractivity contribution in [2.75, 3.05) is 0 Å². The summed E-state index contributed by atoms with van der Waals surface area (Å²) >= 11 is 6.04. The second-order valence-corrected chi connectivity index (χ2v) is 4.54. The first-order chi connectivity index (χ1) is 8.25. The van der Waals surface area contributed by atoms with Crippen LogP contribution in [0.15, 0.2) is 48.7 Å². The molecule has 1 heterocycles. The van der Waals surface area contributed by atoms with Crippen molar-refractivity contribution in [2.24, 2.45) is 7.05 Å². The van der Waals surface area contributed by atoms with Gasteiger partial charge in [-0.3, -0.25) is 0 Å². The molecule has 0 amide bonds. The lowest BCUT2D eigenvalue weighted by atomic mass is 10.1. The molecule has 1 nitrogen and oxygen atoms in total. The average molecular weight is 241 g/mol. The fourth-order valence-electron chi connectivity index (χ4n) is 2.16. The Hall–Kier alpha value is -1.73. The summed E-state index contributed by atoms with van der Waals surface area (Å²) in [5.41, 5.74) is 3.54. The summed E-state index contributed by atoms with van der Waals surface area (Å²) < 4.78 is 2.11. The molecule has 0 saturated heterocycles. The normalized spacial score (nSPS) is 10.9. The summed E-state index contributed by atoms with van der Waals surface area (Å²) in [6.45, 7) is 0. The molecule has 83 valence electrons. The van der Waals surface area contributed by atoms with Gasteiger partial charge >= 0.3 is 0 Å². The Balaban J connectivity index is 2.31. The molecule has 0 saturated carbocycles. The van der Waals surface area contributed by atoms with E-state index in [9.17, 15) is 0 Å². The molecule has 17 heavy (non-hydrogen) atoms. The van der Waals surface area contributed by atoms with Gasteiger partial charge < -0.3 is 4.57 Å². The van der Waals surface area contributed by atoms with Crippen molar-refractivity contribution in [1.82, 2.24) is 4.57 Å². The molecule has 0 fully saturated rings. The largest absolute Gasteiger partial charge is 0.350 e. The minimum Gasteiger partial charge on any atom is -0.350 e. The Bertz CT molecular complexity index is 682. The topological polar surface area (TPSA) is 4.93 Å². The smallest absolute Gasteiger partial charge is 0.0490 e. The molecular weight excluding hydrogens is 230 g/mol. The number of halogens is 1. The summed E-state index contributed by atoms with van der Waals surface area (Å²) in [4.78, 5) is 0. The summed E-state index contributed by atoms with van der Waals surface area (Å²) in [7, 11) is 2.05. The van der Waals surface area contributed by atoms with Gasteiger partial charge in [-0.2, -0.15) is 0 Å². The lowest BCUT2D eigenvalue weighted by Crippen LogP contribution is -1.81. The van der Waals surface area contributed by atoms with Gasteiger partial charge in [0.1, 0.15) is 0 Å². The molecule has 0 N–H and O–H groups in total. The van der Waals surface area contributed by atoms with Crippen LogP contribution >= 0.6 is 11.6 Å². The summed E-state index contributed by atoms with van der Waals surface area (Å²) in [5.74, 6) is 0. The van der Waals surface area contributed by atoms with Crippen molar-refractivity contribution < 1.29 is 0 Å². The van der Waals surface area contributed by atoms with E-state index >= 15 is 0 Å². The average Bonchev–Trinajstić information content (AvgIpc) is 2.68. The molecule has 1 radical (unpaired) electrons. The lowest BCUT2D eigenvalue weighted by molar-refractivity contribution is 0.970. The third-order valence-corrected chi connectivity index (χ3v) is 3.21. The maximum absolute atomic E-state index is 6.04. The number of nitrogens with zero attached hydrogens (tertiary/aromatic N) is 1. The molecule has 0 aliphatic rings. The van der Waals surface area contributed by atoms with E-state index in [1.54, 1.807) is 0 Å². The van der Waals surface area contributed by atoms with Crippen LogP contribution in [0.2, 0.25) is 5.02 Å². The fourth-order valence-corrected chi connectivity index (χ4v) is 2.35. The first-order valence-corrected chi connectivity index (χ1v) is 5.84. The second kappa shape index (κ2) is 3.94. The lowest BCUT2D eigenvalue weighted by Gasteiger charge is -1.99. The Morgan fingerprint density at radius 3 is 2.94 bits per heavy atom. The first kappa shape index (κ1) is 10.4. The predicted octanol–water partition coefficient (Wildman–Crippen LogP) is 4.30. The van der Waals surface area contributed by atoms with E-state index in [0.29, 0.717) is 0 Å². The van der Waals surface area contributed by atoms with E-state index in [2.05, 4.69) is 29.0 Å². The van der Waals surface area contributed by atoms with E-state index in [4.69, 9.17) is 11.6 Å². The molecule has 2 heteroatoms. The van der Waals surface area contributed by atoms with Crippen LogP contribution in [0.4, 0.5) is 0 Å². The van der Waals surface area contributed by atoms with E-state index in [1.165, 1.54) is 16.5 Å². The van der Waals surface area contributed by atoms with Crippen LogP contribution in [0.5, 0.6) is 0 Å². The van der Waals surface area contributed by atoms with Crippen LogP contribution in [0.1, 0.15) is 0 Å². The second-order valence-electron chi connectivity index (χ2n) is 4.11. The SMILES string of the molecule is Cn1cc(-c2cccc(Cl)c2)c2cc[c]cc21. The van der Waals surface area contributed by atoms with Gasteiger partial charge in [-0.05, 0) is 29.8 Å². The quantitative estimate of drug-likeness (QED) is 0.598. The van der Waals surface area contributed by atoms with E-state index in [0.717, 1.165) is 10.6 Å². The molecule has 0 bridgehead atoms.